The van der Waals surface area contributed by atoms with Gasteiger partial charge in [0.2, 0.25) is 0 Å². The molecule has 0 fully saturated rings. The Labute approximate surface area is 135 Å². The smallest absolute Gasteiger partial charge is 0.134 e. The van der Waals surface area contributed by atoms with Gasteiger partial charge in [0.25, 0.3) is 0 Å². The lowest BCUT2D eigenvalue weighted by atomic mass is 9.98. The Morgan fingerprint density at radius 1 is 1.14 bits per heavy atom. The zero-order chi connectivity index (χ0) is 15.0. The van der Waals surface area contributed by atoms with Crippen LogP contribution in [0.1, 0.15) is 38.6 Å². The molecular weight excluding hydrogens is 358 g/mol. The molecule has 2 aromatic rings. The van der Waals surface area contributed by atoms with Gasteiger partial charge in [-0.3, -0.25) is 0 Å². The van der Waals surface area contributed by atoms with E-state index >= 15 is 0 Å². The molecule has 0 radical (unpaired) electrons. The number of fused-ring (bicyclic) bond motifs is 1. The van der Waals surface area contributed by atoms with Gasteiger partial charge in [0, 0.05) is 27.5 Å². The van der Waals surface area contributed by atoms with Gasteiger partial charge in [0.1, 0.15) is 17.4 Å². The van der Waals surface area contributed by atoms with Gasteiger partial charge in [-0.15, -0.1) is 11.3 Å². The Balaban J connectivity index is 1.98. The lowest BCUT2D eigenvalue weighted by Crippen LogP contribution is -2.00. The first-order valence-corrected chi connectivity index (χ1v) is 8.62. The van der Waals surface area contributed by atoms with E-state index in [2.05, 4.69) is 22.0 Å². The van der Waals surface area contributed by atoms with Crippen LogP contribution in [0, 0.1) is 11.6 Å². The summed E-state index contributed by atoms with van der Waals surface area (Å²) < 4.78 is 33.2. The Morgan fingerprint density at radius 3 is 2.43 bits per heavy atom. The minimum atomic E-state index is -0.583. The van der Waals surface area contributed by atoms with Gasteiger partial charge in [-0.2, -0.15) is 0 Å². The largest absolute Gasteiger partial charge is 0.497 e. The van der Waals surface area contributed by atoms with Crippen LogP contribution < -0.4 is 4.74 Å². The molecule has 3 rings (SSSR count). The number of rotatable bonds is 3. The normalized spacial score (nSPS) is 15.6. The highest BCUT2D eigenvalue weighted by Crippen LogP contribution is 2.41. The number of thiophene rings is 1. The molecule has 1 heterocycles. The third-order valence-corrected chi connectivity index (χ3v) is 6.36. The summed E-state index contributed by atoms with van der Waals surface area (Å²) in [5, 5.41) is 0. The van der Waals surface area contributed by atoms with Crippen molar-refractivity contribution in [1.82, 2.24) is 0 Å². The lowest BCUT2D eigenvalue weighted by molar-refractivity contribution is 0.405. The molecule has 0 N–H and O–H groups in total. The summed E-state index contributed by atoms with van der Waals surface area (Å²) in [4.78, 5) is 1.86. The number of halogens is 3. The van der Waals surface area contributed by atoms with Crippen LogP contribution in [0.2, 0.25) is 0 Å². The van der Waals surface area contributed by atoms with Crippen molar-refractivity contribution >= 4 is 27.3 Å². The molecule has 5 heteroatoms. The van der Waals surface area contributed by atoms with Crippen molar-refractivity contribution in [2.75, 3.05) is 7.11 Å². The highest BCUT2D eigenvalue weighted by atomic mass is 79.9. The Bertz CT molecular complexity index is 622. The molecule has 0 bridgehead atoms. The van der Waals surface area contributed by atoms with Crippen LogP contribution in [-0.2, 0) is 12.8 Å². The summed E-state index contributed by atoms with van der Waals surface area (Å²) in [5.41, 5.74) is 1.38. The maximum absolute atomic E-state index is 14.2. The van der Waals surface area contributed by atoms with E-state index in [9.17, 15) is 8.78 Å². The van der Waals surface area contributed by atoms with Gasteiger partial charge >= 0.3 is 0 Å². The van der Waals surface area contributed by atoms with E-state index < -0.39 is 16.5 Å². The number of methoxy groups -OCH3 is 1. The molecule has 0 aliphatic heterocycles. The topological polar surface area (TPSA) is 9.23 Å². The van der Waals surface area contributed by atoms with E-state index in [1.54, 1.807) is 11.3 Å². The minimum absolute atomic E-state index is 0.0504. The van der Waals surface area contributed by atoms with Crippen LogP contribution in [-0.4, -0.2) is 7.11 Å². The lowest BCUT2D eigenvalue weighted by Gasteiger charge is -2.12. The predicted octanol–water partition coefficient (Wildman–Crippen LogP) is 5.40. The van der Waals surface area contributed by atoms with Crippen molar-refractivity contribution in [1.29, 1.82) is 0 Å². The van der Waals surface area contributed by atoms with E-state index in [1.165, 1.54) is 42.5 Å². The molecule has 1 nitrogen and oxygen atoms in total. The van der Waals surface area contributed by atoms with E-state index in [-0.39, 0.29) is 11.3 Å². The van der Waals surface area contributed by atoms with Crippen LogP contribution in [0.15, 0.2) is 18.2 Å². The fraction of sp³-hybridized carbons (Fsp3) is 0.375. The second kappa shape index (κ2) is 6.05. The highest BCUT2D eigenvalue weighted by Gasteiger charge is 2.24. The number of alkyl halides is 1. The molecule has 21 heavy (non-hydrogen) atoms. The van der Waals surface area contributed by atoms with Gasteiger partial charge < -0.3 is 4.74 Å². The summed E-state index contributed by atoms with van der Waals surface area (Å²) in [6.07, 6.45) is 4.54. The summed E-state index contributed by atoms with van der Waals surface area (Å²) >= 11 is 5.11. The van der Waals surface area contributed by atoms with Crippen LogP contribution in [0.5, 0.6) is 5.75 Å². The fourth-order valence-electron chi connectivity index (χ4n) is 2.70. The van der Waals surface area contributed by atoms with E-state index in [0.717, 1.165) is 17.7 Å². The Hall–Kier alpha value is -0.940. The van der Waals surface area contributed by atoms with Crippen LogP contribution in [0.25, 0.3) is 0 Å². The van der Waals surface area contributed by atoms with Crippen LogP contribution in [0.4, 0.5) is 8.78 Å². The maximum Gasteiger partial charge on any atom is 0.134 e. The first kappa shape index (κ1) is 15.0. The maximum atomic E-state index is 14.2. The molecule has 0 amide bonds. The first-order chi connectivity index (χ1) is 10.1. The molecule has 1 aromatic heterocycles. The number of hydrogen-bond acceptors (Lipinski definition) is 2. The third-order valence-electron chi connectivity index (χ3n) is 3.81. The molecule has 1 aliphatic carbocycles. The average molecular weight is 373 g/mol. The van der Waals surface area contributed by atoms with Crippen LogP contribution >= 0.6 is 27.3 Å². The number of aryl methyl sites for hydroxylation is 2. The van der Waals surface area contributed by atoms with Gasteiger partial charge in [-0.1, -0.05) is 15.9 Å². The summed E-state index contributed by atoms with van der Waals surface area (Å²) in [7, 11) is 1.40. The quantitative estimate of drug-likeness (QED) is 0.655. The van der Waals surface area contributed by atoms with Crippen molar-refractivity contribution in [3.05, 3.63) is 50.7 Å². The van der Waals surface area contributed by atoms with Gasteiger partial charge in [0.05, 0.1) is 11.9 Å². The minimum Gasteiger partial charge on any atom is -0.497 e. The zero-order valence-corrected chi connectivity index (χ0v) is 14.0. The number of benzene rings is 1. The van der Waals surface area contributed by atoms with Crippen molar-refractivity contribution < 1.29 is 13.5 Å². The van der Waals surface area contributed by atoms with Crippen molar-refractivity contribution in [3.8, 4) is 5.75 Å². The monoisotopic (exact) mass is 372 g/mol. The zero-order valence-electron chi connectivity index (χ0n) is 11.6. The van der Waals surface area contributed by atoms with Gasteiger partial charge in [-0.05, 0) is 37.3 Å². The summed E-state index contributed by atoms with van der Waals surface area (Å²) in [5.74, 6) is -0.973. The van der Waals surface area contributed by atoms with E-state index in [4.69, 9.17) is 4.74 Å². The molecular formula is C16H15BrF2OS. The first-order valence-electron chi connectivity index (χ1n) is 6.88. The molecule has 1 aromatic carbocycles. The summed E-state index contributed by atoms with van der Waals surface area (Å²) in [6.45, 7) is 0. The average Bonchev–Trinajstić information content (AvgIpc) is 2.90. The van der Waals surface area contributed by atoms with E-state index in [1.807, 2.05) is 0 Å². The Kier molecular flexibility index (Phi) is 4.31. The Morgan fingerprint density at radius 2 is 1.81 bits per heavy atom. The van der Waals surface area contributed by atoms with Gasteiger partial charge in [-0.25, -0.2) is 8.78 Å². The van der Waals surface area contributed by atoms with Crippen molar-refractivity contribution in [2.45, 2.75) is 30.5 Å². The molecule has 112 valence electrons. The number of hydrogen-bond donors (Lipinski definition) is 0. The fourth-order valence-corrected chi connectivity index (χ4v) is 4.80. The SMILES string of the molecule is COc1cc(F)c(C(Br)c2cc3c(s2)CCCC3)c(F)c1. The molecule has 0 saturated heterocycles. The van der Waals surface area contributed by atoms with Crippen molar-refractivity contribution in [2.24, 2.45) is 0 Å². The molecule has 1 unspecified atom stereocenters. The standard InChI is InChI=1S/C16H15BrF2OS/c1-20-10-7-11(18)15(12(19)8-10)16(17)14-6-9-4-2-3-5-13(9)21-14/h6-8,16H,2-5H2,1H3. The molecule has 0 spiro atoms. The number of ether oxygens (including phenoxy) is 1. The third kappa shape index (κ3) is 2.86. The van der Waals surface area contributed by atoms with Crippen molar-refractivity contribution in [3.63, 3.8) is 0 Å². The summed E-state index contributed by atoms with van der Waals surface area (Å²) in [6, 6.07) is 4.53. The molecule has 1 aliphatic rings. The molecule has 1 atom stereocenters. The predicted molar refractivity (Wildman–Crippen MR) is 84.6 cm³/mol. The molecule has 0 saturated carbocycles. The van der Waals surface area contributed by atoms with E-state index in [0.29, 0.717) is 0 Å². The van der Waals surface area contributed by atoms with Crippen LogP contribution in [0.3, 0.4) is 0 Å². The second-order valence-corrected chi connectivity index (χ2v) is 7.26. The van der Waals surface area contributed by atoms with Gasteiger partial charge in [0.15, 0.2) is 0 Å². The highest BCUT2D eigenvalue weighted by molar-refractivity contribution is 9.09. The second-order valence-electron chi connectivity index (χ2n) is 5.17.